The first kappa shape index (κ1) is 19.7. The number of nitrogens with one attached hydrogen (secondary N) is 2. The molecule has 0 radical (unpaired) electrons. The lowest BCUT2D eigenvalue weighted by Gasteiger charge is -2.24. The average molecular weight is 386 g/mol. The van der Waals surface area contributed by atoms with Gasteiger partial charge in [0.1, 0.15) is 11.5 Å². The van der Waals surface area contributed by atoms with E-state index in [0.717, 1.165) is 0 Å². The molecule has 3 rings (SSSR count). The predicted molar refractivity (Wildman–Crippen MR) is 104 cm³/mol. The van der Waals surface area contributed by atoms with Crippen molar-refractivity contribution in [1.29, 1.82) is 0 Å². The van der Waals surface area contributed by atoms with E-state index < -0.39 is 11.6 Å². The van der Waals surface area contributed by atoms with Crippen molar-refractivity contribution in [3.63, 3.8) is 0 Å². The Bertz CT molecular complexity index is 850. The van der Waals surface area contributed by atoms with Gasteiger partial charge in [0, 0.05) is 38.7 Å². The summed E-state index contributed by atoms with van der Waals surface area (Å²) >= 11 is 0. The van der Waals surface area contributed by atoms with E-state index in [2.05, 4.69) is 10.6 Å². The van der Waals surface area contributed by atoms with Gasteiger partial charge in [0.25, 0.3) is 0 Å². The molecule has 148 valence electrons. The minimum Gasteiger partial charge on any atom is -0.507 e. The van der Waals surface area contributed by atoms with Crippen molar-refractivity contribution in [1.82, 2.24) is 0 Å². The molecule has 8 heteroatoms. The molecule has 1 aliphatic rings. The smallest absolute Gasteiger partial charge is 0.200 e. The van der Waals surface area contributed by atoms with E-state index in [-0.39, 0.29) is 33.8 Å². The summed E-state index contributed by atoms with van der Waals surface area (Å²) in [6.45, 7) is 1.61. The third-order valence-electron chi connectivity index (χ3n) is 4.52. The number of anilines is 2. The number of hydrogen-bond donors (Lipinski definition) is 4. The van der Waals surface area contributed by atoms with Gasteiger partial charge in [-0.25, -0.2) is 0 Å². The van der Waals surface area contributed by atoms with Gasteiger partial charge < -0.3 is 30.3 Å². The molecule has 1 aliphatic carbocycles. The van der Waals surface area contributed by atoms with Crippen molar-refractivity contribution in [2.45, 2.75) is 0 Å². The van der Waals surface area contributed by atoms with Crippen LogP contribution in [0.15, 0.2) is 24.3 Å². The molecule has 0 atom stereocenters. The van der Waals surface area contributed by atoms with E-state index in [9.17, 15) is 19.8 Å². The van der Waals surface area contributed by atoms with Gasteiger partial charge in [0.05, 0.1) is 35.5 Å². The molecule has 0 fully saturated rings. The molecule has 0 heterocycles. The standard InChI is InChI=1S/C20H22N2O6/c1-27-9-7-21-11-3-5-13(23)17-15(11)19(25)18-14(24)6-4-12(16(18)20(17)26)22-8-10-28-2/h3-6,21-24H,7-10H2,1-2H3. The Morgan fingerprint density at radius 2 is 1.11 bits per heavy atom. The maximum atomic E-state index is 13.2. The molecule has 0 aromatic heterocycles. The van der Waals surface area contributed by atoms with Crippen molar-refractivity contribution in [3.8, 4) is 11.5 Å². The average Bonchev–Trinajstić information content (AvgIpc) is 2.68. The molecule has 0 saturated carbocycles. The number of ketones is 2. The Labute approximate surface area is 162 Å². The van der Waals surface area contributed by atoms with Crippen LogP contribution in [0.5, 0.6) is 11.5 Å². The zero-order valence-corrected chi connectivity index (χ0v) is 15.7. The molecular formula is C20H22N2O6. The van der Waals surface area contributed by atoms with Crippen LogP contribution in [0.1, 0.15) is 31.8 Å². The van der Waals surface area contributed by atoms with Gasteiger partial charge in [-0.2, -0.15) is 0 Å². The number of ether oxygens (including phenoxy) is 2. The van der Waals surface area contributed by atoms with Gasteiger partial charge in [0.15, 0.2) is 0 Å². The van der Waals surface area contributed by atoms with Crippen LogP contribution in [-0.4, -0.2) is 62.3 Å². The van der Waals surface area contributed by atoms with Crippen molar-refractivity contribution in [2.75, 3.05) is 51.2 Å². The number of carbonyl (C=O) groups is 2. The third-order valence-corrected chi connectivity index (χ3v) is 4.52. The monoisotopic (exact) mass is 386 g/mol. The van der Waals surface area contributed by atoms with Crippen molar-refractivity contribution >= 4 is 22.9 Å². The van der Waals surface area contributed by atoms with Crippen LogP contribution in [0, 0.1) is 0 Å². The molecule has 2 aromatic carbocycles. The Balaban J connectivity index is 2.12. The summed E-state index contributed by atoms with van der Waals surface area (Å²) in [5, 5.41) is 26.7. The number of hydrogen-bond acceptors (Lipinski definition) is 8. The first-order valence-corrected chi connectivity index (χ1v) is 8.78. The van der Waals surface area contributed by atoms with Gasteiger partial charge in [-0.05, 0) is 24.3 Å². The molecule has 0 unspecified atom stereocenters. The fraction of sp³-hybridized carbons (Fsp3) is 0.300. The summed E-state index contributed by atoms with van der Waals surface area (Å²) in [7, 11) is 3.10. The van der Waals surface area contributed by atoms with Crippen molar-refractivity contribution < 1.29 is 29.3 Å². The lowest BCUT2D eigenvalue weighted by atomic mass is 9.81. The lowest BCUT2D eigenvalue weighted by molar-refractivity contribution is 0.0975. The van der Waals surface area contributed by atoms with Crippen molar-refractivity contribution in [2.24, 2.45) is 0 Å². The summed E-state index contributed by atoms with van der Waals surface area (Å²) in [6, 6.07) is 5.78. The molecule has 4 N–H and O–H groups in total. The van der Waals surface area contributed by atoms with Crippen LogP contribution in [0.4, 0.5) is 11.4 Å². The quantitative estimate of drug-likeness (QED) is 0.343. The Kier molecular flexibility index (Phi) is 5.81. The topological polar surface area (TPSA) is 117 Å². The van der Waals surface area contributed by atoms with Crippen LogP contribution < -0.4 is 10.6 Å². The number of methoxy groups -OCH3 is 2. The fourth-order valence-corrected chi connectivity index (χ4v) is 3.23. The summed E-state index contributed by atoms with van der Waals surface area (Å²) < 4.78 is 9.99. The largest absolute Gasteiger partial charge is 0.507 e. The first-order valence-electron chi connectivity index (χ1n) is 8.78. The van der Waals surface area contributed by atoms with Crippen molar-refractivity contribution in [3.05, 3.63) is 46.5 Å². The fourth-order valence-electron chi connectivity index (χ4n) is 3.23. The van der Waals surface area contributed by atoms with E-state index in [1.54, 1.807) is 14.2 Å². The summed E-state index contributed by atoms with van der Waals surface area (Å²) in [5.41, 5.74) is 0.702. The molecular weight excluding hydrogens is 364 g/mol. The first-order chi connectivity index (χ1) is 13.5. The van der Waals surface area contributed by atoms with Gasteiger partial charge in [-0.3, -0.25) is 9.59 Å². The molecule has 8 nitrogen and oxygen atoms in total. The number of benzene rings is 2. The van der Waals surface area contributed by atoms with Gasteiger partial charge in [-0.15, -0.1) is 0 Å². The van der Waals surface area contributed by atoms with E-state index in [1.807, 2.05) is 0 Å². The third kappa shape index (κ3) is 3.39. The van der Waals surface area contributed by atoms with Crippen LogP contribution in [0.3, 0.4) is 0 Å². The SMILES string of the molecule is COCCNc1ccc(O)c2c1C(=O)c1c(O)ccc(NCCOC)c1C2=O. The minimum absolute atomic E-state index is 0.0398. The summed E-state index contributed by atoms with van der Waals surface area (Å²) in [4.78, 5) is 26.4. The van der Waals surface area contributed by atoms with Crippen LogP contribution in [0.2, 0.25) is 0 Å². The molecule has 0 bridgehead atoms. The van der Waals surface area contributed by atoms with Crippen LogP contribution in [0.25, 0.3) is 0 Å². The molecule has 0 spiro atoms. The zero-order chi connectivity index (χ0) is 20.3. The number of aromatic hydroxyl groups is 2. The van der Waals surface area contributed by atoms with Gasteiger partial charge in [-0.1, -0.05) is 0 Å². The molecule has 0 saturated heterocycles. The van der Waals surface area contributed by atoms with Crippen LogP contribution >= 0.6 is 0 Å². The number of rotatable bonds is 8. The Hall–Kier alpha value is -3.10. The van der Waals surface area contributed by atoms with Crippen LogP contribution in [-0.2, 0) is 9.47 Å². The highest BCUT2D eigenvalue weighted by atomic mass is 16.5. The number of phenolic OH excluding ortho intramolecular Hbond substituents is 2. The highest BCUT2D eigenvalue weighted by Gasteiger charge is 2.37. The maximum Gasteiger partial charge on any atom is 0.200 e. The Morgan fingerprint density at radius 3 is 1.46 bits per heavy atom. The molecule has 2 aromatic rings. The normalized spacial score (nSPS) is 12.5. The predicted octanol–water partition coefficient (Wildman–Crippen LogP) is 1.99. The second-order valence-corrected chi connectivity index (χ2v) is 6.26. The highest BCUT2D eigenvalue weighted by Crippen LogP contribution is 2.42. The van der Waals surface area contributed by atoms with E-state index in [0.29, 0.717) is 37.7 Å². The number of fused-ring (bicyclic) bond motifs is 2. The number of carbonyl (C=O) groups excluding carboxylic acids is 2. The Morgan fingerprint density at radius 1 is 0.714 bits per heavy atom. The molecule has 28 heavy (non-hydrogen) atoms. The van der Waals surface area contributed by atoms with Gasteiger partial charge in [0.2, 0.25) is 11.6 Å². The van der Waals surface area contributed by atoms with E-state index in [1.165, 1.54) is 24.3 Å². The zero-order valence-electron chi connectivity index (χ0n) is 15.7. The lowest BCUT2D eigenvalue weighted by Crippen LogP contribution is -2.25. The maximum absolute atomic E-state index is 13.2. The molecule has 0 aliphatic heterocycles. The van der Waals surface area contributed by atoms with E-state index in [4.69, 9.17) is 9.47 Å². The van der Waals surface area contributed by atoms with E-state index >= 15 is 0 Å². The summed E-state index contributed by atoms with van der Waals surface area (Å²) in [5.74, 6) is -1.65. The summed E-state index contributed by atoms with van der Waals surface area (Å²) in [6.07, 6.45) is 0. The van der Waals surface area contributed by atoms with Gasteiger partial charge >= 0.3 is 0 Å². The number of phenols is 2. The second-order valence-electron chi connectivity index (χ2n) is 6.26. The second kappa shape index (κ2) is 8.28. The highest BCUT2D eigenvalue weighted by molar-refractivity contribution is 6.33. The molecule has 0 amide bonds. The minimum atomic E-state index is -0.534.